The number of methoxy groups -OCH3 is 1. The van der Waals surface area contributed by atoms with Crippen LogP contribution in [0.4, 0.5) is 11.4 Å². The van der Waals surface area contributed by atoms with Crippen LogP contribution < -0.4 is 10.6 Å². The van der Waals surface area contributed by atoms with E-state index in [1.165, 1.54) is 26.4 Å². The summed E-state index contributed by atoms with van der Waals surface area (Å²) >= 11 is 0. The van der Waals surface area contributed by atoms with Gasteiger partial charge in [-0.3, -0.25) is 4.79 Å². The van der Waals surface area contributed by atoms with Crippen molar-refractivity contribution in [2.45, 2.75) is 39.2 Å². The summed E-state index contributed by atoms with van der Waals surface area (Å²) in [5, 5.41) is 6.39. The van der Waals surface area contributed by atoms with E-state index in [1.807, 2.05) is 24.3 Å². The number of nitrogens with one attached hydrogen (secondary N) is 2. The number of benzene rings is 1. The molecule has 0 aliphatic heterocycles. The Balaban J connectivity index is 1.86. The number of amides is 1. The number of carbonyl (C=O) groups excluding carboxylic acids is 1. The molecule has 1 aromatic rings. The van der Waals surface area contributed by atoms with Crippen LogP contribution >= 0.6 is 0 Å². The zero-order valence-corrected chi connectivity index (χ0v) is 13.2. The summed E-state index contributed by atoms with van der Waals surface area (Å²) in [6.45, 7) is 4.77. The van der Waals surface area contributed by atoms with E-state index in [1.54, 1.807) is 0 Å². The molecule has 3 unspecified atom stereocenters. The van der Waals surface area contributed by atoms with Gasteiger partial charge in [0.1, 0.15) is 6.61 Å². The predicted molar refractivity (Wildman–Crippen MR) is 86.5 cm³/mol. The van der Waals surface area contributed by atoms with Crippen LogP contribution in [0.3, 0.4) is 0 Å². The van der Waals surface area contributed by atoms with Crippen molar-refractivity contribution >= 4 is 17.3 Å². The van der Waals surface area contributed by atoms with Gasteiger partial charge < -0.3 is 15.4 Å². The molecular formula is C17H26N2O2. The maximum absolute atomic E-state index is 11.4. The van der Waals surface area contributed by atoms with E-state index in [4.69, 9.17) is 4.74 Å². The molecule has 1 aliphatic rings. The van der Waals surface area contributed by atoms with E-state index in [2.05, 4.69) is 24.5 Å². The number of rotatable bonds is 5. The third kappa shape index (κ3) is 4.74. The molecule has 0 saturated heterocycles. The van der Waals surface area contributed by atoms with E-state index in [0.717, 1.165) is 23.2 Å². The molecule has 4 heteroatoms. The summed E-state index contributed by atoms with van der Waals surface area (Å²) in [5.74, 6) is 1.48. The highest BCUT2D eigenvalue weighted by Crippen LogP contribution is 2.31. The molecule has 116 valence electrons. The van der Waals surface area contributed by atoms with Gasteiger partial charge >= 0.3 is 0 Å². The van der Waals surface area contributed by atoms with Crippen molar-refractivity contribution in [2.75, 3.05) is 24.4 Å². The van der Waals surface area contributed by atoms with E-state index in [9.17, 15) is 4.79 Å². The molecule has 0 radical (unpaired) electrons. The summed E-state index contributed by atoms with van der Waals surface area (Å²) in [6, 6.07) is 8.44. The Morgan fingerprint density at radius 2 is 1.81 bits per heavy atom. The van der Waals surface area contributed by atoms with Gasteiger partial charge in [-0.15, -0.1) is 0 Å². The normalized spacial score (nSPS) is 25.4. The Kier molecular flexibility index (Phi) is 5.62. The van der Waals surface area contributed by atoms with Crippen LogP contribution in [0.1, 0.15) is 33.1 Å². The van der Waals surface area contributed by atoms with E-state index >= 15 is 0 Å². The van der Waals surface area contributed by atoms with Gasteiger partial charge in [0.05, 0.1) is 0 Å². The van der Waals surface area contributed by atoms with Gasteiger partial charge in [-0.05, 0) is 55.4 Å². The lowest BCUT2D eigenvalue weighted by atomic mass is 9.79. The Morgan fingerprint density at radius 3 is 2.43 bits per heavy atom. The van der Waals surface area contributed by atoms with Gasteiger partial charge in [0.25, 0.3) is 0 Å². The molecule has 1 saturated carbocycles. The van der Waals surface area contributed by atoms with Crippen LogP contribution in [-0.4, -0.2) is 25.7 Å². The van der Waals surface area contributed by atoms with Crippen molar-refractivity contribution in [3.05, 3.63) is 24.3 Å². The van der Waals surface area contributed by atoms with Gasteiger partial charge in [-0.2, -0.15) is 0 Å². The Labute approximate surface area is 127 Å². The van der Waals surface area contributed by atoms with E-state index in [-0.39, 0.29) is 12.5 Å². The molecule has 0 spiro atoms. The lowest BCUT2D eigenvalue weighted by Crippen LogP contribution is -2.30. The van der Waals surface area contributed by atoms with Crippen molar-refractivity contribution in [2.24, 2.45) is 11.8 Å². The zero-order chi connectivity index (χ0) is 15.2. The van der Waals surface area contributed by atoms with Crippen molar-refractivity contribution in [3.63, 3.8) is 0 Å². The third-order valence-electron chi connectivity index (χ3n) is 4.41. The molecule has 3 atom stereocenters. The molecule has 0 heterocycles. The zero-order valence-electron chi connectivity index (χ0n) is 13.2. The Bertz CT molecular complexity index is 458. The lowest BCUT2D eigenvalue weighted by molar-refractivity contribution is -0.119. The van der Waals surface area contributed by atoms with Crippen LogP contribution in [0.15, 0.2) is 24.3 Å². The summed E-state index contributed by atoms with van der Waals surface area (Å²) in [7, 11) is 1.51. The van der Waals surface area contributed by atoms with Crippen molar-refractivity contribution in [3.8, 4) is 0 Å². The van der Waals surface area contributed by atoms with Crippen molar-refractivity contribution in [1.82, 2.24) is 0 Å². The van der Waals surface area contributed by atoms with Crippen LogP contribution in [0.2, 0.25) is 0 Å². The highest BCUT2D eigenvalue weighted by Gasteiger charge is 2.24. The number of anilines is 2. The lowest BCUT2D eigenvalue weighted by Gasteiger charge is -2.33. The summed E-state index contributed by atoms with van der Waals surface area (Å²) in [4.78, 5) is 11.4. The molecule has 0 aromatic heterocycles. The first kappa shape index (κ1) is 15.8. The fourth-order valence-electron chi connectivity index (χ4n) is 2.89. The number of hydrogen-bond donors (Lipinski definition) is 2. The van der Waals surface area contributed by atoms with Crippen LogP contribution in [0, 0.1) is 11.8 Å². The summed E-state index contributed by atoms with van der Waals surface area (Å²) < 4.78 is 4.79. The minimum atomic E-state index is -0.131. The molecule has 2 N–H and O–H groups in total. The van der Waals surface area contributed by atoms with Crippen molar-refractivity contribution in [1.29, 1.82) is 0 Å². The minimum absolute atomic E-state index is 0.0815. The number of hydrogen-bond acceptors (Lipinski definition) is 3. The van der Waals surface area contributed by atoms with Crippen LogP contribution in [-0.2, 0) is 9.53 Å². The highest BCUT2D eigenvalue weighted by atomic mass is 16.5. The summed E-state index contributed by atoms with van der Waals surface area (Å²) in [6.07, 6.45) is 3.76. The monoisotopic (exact) mass is 290 g/mol. The largest absolute Gasteiger partial charge is 0.382 e. The maximum Gasteiger partial charge on any atom is 0.250 e. The van der Waals surface area contributed by atoms with Gasteiger partial charge in [0.15, 0.2) is 0 Å². The topological polar surface area (TPSA) is 50.4 Å². The van der Waals surface area contributed by atoms with E-state index in [0.29, 0.717) is 6.04 Å². The molecule has 4 nitrogen and oxygen atoms in total. The van der Waals surface area contributed by atoms with Gasteiger partial charge in [0.2, 0.25) is 5.91 Å². The maximum atomic E-state index is 11.4. The van der Waals surface area contributed by atoms with Crippen LogP contribution in [0.25, 0.3) is 0 Å². The first-order valence-corrected chi connectivity index (χ1v) is 7.74. The SMILES string of the molecule is COCC(=O)Nc1ccc(NC2CCC(C)C(C)C2)cc1. The average molecular weight is 290 g/mol. The second kappa shape index (κ2) is 7.46. The van der Waals surface area contributed by atoms with Crippen molar-refractivity contribution < 1.29 is 9.53 Å². The minimum Gasteiger partial charge on any atom is -0.382 e. The third-order valence-corrected chi connectivity index (χ3v) is 4.41. The van der Waals surface area contributed by atoms with Gasteiger partial charge in [-0.25, -0.2) is 0 Å². The second-order valence-electron chi connectivity index (χ2n) is 6.17. The highest BCUT2D eigenvalue weighted by molar-refractivity contribution is 5.91. The first-order chi connectivity index (χ1) is 10.1. The standard InChI is InChI=1S/C17H26N2O2/c1-12-4-5-16(10-13(12)2)18-14-6-8-15(9-7-14)19-17(20)11-21-3/h6-9,12-13,16,18H,4-5,10-11H2,1-3H3,(H,19,20). The average Bonchev–Trinajstić information content (AvgIpc) is 2.45. The first-order valence-electron chi connectivity index (χ1n) is 7.74. The predicted octanol–water partition coefficient (Wildman–Crippen LogP) is 3.51. The fourth-order valence-corrected chi connectivity index (χ4v) is 2.89. The molecule has 1 amide bonds. The second-order valence-corrected chi connectivity index (χ2v) is 6.17. The number of ether oxygens (including phenoxy) is 1. The molecule has 1 aliphatic carbocycles. The van der Waals surface area contributed by atoms with E-state index < -0.39 is 0 Å². The molecule has 1 aromatic carbocycles. The quantitative estimate of drug-likeness (QED) is 0.872. The Hall–Kier alpha value is -1.55. The molecule has 21 heavy (non-hydrogen) atoms. The van der Waals surface area contributed by atoms with Crippen LogP contribution in [0.5, 0.6) is 0 Å². The van der Waals surface area contributed by atoms with Gasteiger partial charge in [-0.1, -0.05) is 13.8 Å². The Morgan fingerprint density at radius 1 is 1.14 bits per heavy atom. The van der Waals surface area contributed by atoms with Gasteiger partial charge in [0, 0.05) is 24.5 Å². The molecule has 0 bridgehead atoms. The fraction of sp³-hybridized carbons (Fsp3) is 0.588. The molecular weight excluding hydrogens is 264 g/mol. The smallest absolute Gasteiger partial charge is 0.250 e. The molecule has 1 fully saturated rings. The summed E-state index contributed by atoms with van der Waals surface area (Å²) in [5.41, 5.74) is 1.92. The molecule has 2 rings (SSSR count). The number of carbonyl (C=O) groups is 1.